The van der Waals surface area contributed by atoms with Crippen LogP contribution in [0.15, 0.2) is 46.4 Å². The van der Waals surface area contributed by atoms with Crippen LogP contribution < -0.4 is 14.8 Å². The van der Waals surface area contributed by atoms with Crippen LogP contribution in [0.3, 0.4) is 0 Å². The van der Waals surface area contributed by atoms with Crippen LogP contribution in [0.25, 0.3) is 0 Å². The molecule has 244 valence electrons. The van der Waals surface area contributed by atoms with E-state index in [2.05, 4.69) is 15.3 Å². The SMILES string of the molecule is Oc1ccc2cc1C=NCCCNCCCN=Cc1cc(ccc1O)OCCOCCOCCOCCOCCOCCO2. The zero-order valence-electron chi connectivity index (χ0n) is 25.5. The number of rotatable bonds is 0. The van der Waals surface area contributed by atoms with Crippen molar-refractivity contribution in [2.45, 2.75) is 12.8 Å². The molecule has 0 saturated carbocycles. The van der Waals surface area contributed by atoms with Gasteiger partial charge in [-0.15, -0.1) is 0 Å². The third-order valence-corrected chi connectivity index (χ3v) is 6.22. The Morgan fingerprint density at radius 1 is 0.500 bits per heavy atom. The molecule has 1 aliphatic heterocycles. The second-order valence-corrected chi connectivity index (χ2v) is 9.73. The van der Waals surface area contributed by atoms with Crippen LogP contribution in [0.1, 0.15) is 24.0 Å². The van der Waals surface area contributed by atoms with E-state index < -0.39 is 0 Å². The first-order chi connectivity index (χ1) is 21.7. The van der Waals surface area contributed by atoms with Crippen LogP contribution in [-0.4, -0.2) is 128 Å². The normalized spacial score (nSPS) is 18.9. The highest BCUT2D eigenvalue weighted by molar-refractivity contribution is 5.84. The second kappa shape index (κ2) is 23.2. The first kappa shape index (κ1) is 35.2. The van der Waals surface area contributed by atoms with Crippen LogP contribution >= 0.6 is 0 Å². The third kappa shape index (κ3) is 16.0. The molecule has 2 aromatic rings. The van der Waals surface area contributed by atoms with Crippen LogP contribution in [0, 0.1) is 0 Å². The third-order valence-electron chi connectivity index (χ3n) is 6.22. The number of ether oxygens (including phenoxy) is 7. The molecule has 1 heterocycles. The Morgan fingerprint density at radius 3 is 1.25 bits per heavy atom. The maximum atomic E-state index is 10.2. The molecule has 12 nitrogen and oxygen atoms in total. The Bertz CT molecular complexity index is 1020. The number of phenolic OH excluding ortho intramolecular Hbond substituents is 2. The van der Waals surface area contributed by atoms with Crippen molar-refractivity contribution < 1.29 is 43.4 Å². The van der Waals surface area contributed by atoms with Crippen molar-refractivity contribution in [3.8, 4) is 23.0 Å². The Kier molecular flexibility index (Phi) is 18.5. The lowest BCUT2D eigenvalue weighted by Gasteiger charge is -2.10. The van der Waals surface area contributed by atoms with Gasteiger partial charge in [0.25, 0.3) is 0 Å². The van der Waals surface area contributed by atoms with Crippen LogP contribution in [-0.2, 0) is 23.7 Å². The maximum Gasteiger partial charge on any atom is 0.124 e. The number of fused-ring (bicyclic) bond motifs is 4. The minimum Gasteiger partial charge on any atom is -0.507 e. The van der Waals surface area contributed by atoms with E-state index in [4.69, 9.17) is 33.2 Å². The summed E-state index contributed by atoms with van der Waals surface area (Å²) in [5.74, 6) is 1.59. The Morgan fingerprint density at radius 2 is 0.864 bits per heavy atom. The highest BCUT2D eigenvalue weighted by Crippen LogP contribution is 2.22. The summed E-state index contributed by atoms with van der Waals surface area (Å²) in [5, 5.41) is 23.7. The number of nitrogens with zero attached hydrogens (tertiary/aromatic N) is 2. The molecule has 2 aromatic carbocycles. The second-order valence-electron chi connectivity index (χ2n) is 9.73. The highest BCUT2D eigenvalue weighted by atomic mass is 16.6. The van der Waals surface area contributed by atoms with Gasteiger partial charge in [-0.2, -0.15) is 0 Å². The standard InChI is InChI=1S/C32H47N3O9/c36-31-5-3-29-23-27(31)25-34-9-1-7-33-8-2-10-35-26-28-24-30(4-6-32(28)37)44-22-20-42-18-16-40-14-12-38-11-13-39-15-17-41-19-21-43-29/h3-6,23-26,33,36-37H,1-2,7-22H2. The molecule has 0 aromatic heterocycles. The van der Waals surface area contributed by atoms with E-state index in [1.54, 1.807) is 48.8 Å². The number of phenols is 2. The molecule has 0 amide bonds. The van der Waals surface area contributed by atoms with Crippen molar-refractivity contribution in [2.75, 3.05) is 105 Å². The smallest absolute Gasteiger partial charge is 0.124 e. The van der Waals surface area contributed by atoms with Gasteiger partial charge in [-0.1, -0.05) is 0 Å². The minimum atomic E-state index is 0.154. The summed E-state index contributed by atoms with van der Waals surface area (Å²) in [5.41, 5.74) is 1.22. The van der Waals surface area contributed by atoms with Crippen molar-refractivity contribution in [1.29, 1.82) is 0 Å². The predicted molar refractivity (Wildman–Crippen MR) is 168 cm³/mol. The Balaban J connectivity index is 1.41. The Labute approximate surface area is 260 Å². The van der Waals surface area contributed by atoms with E-state index in [0.717, 1.165) is 25.9 Å². The molecule has 12 heteroatoms. The maximum absolute atomic E-state index is 10.2. The molecule has 44 heavy (non-hydrogen) atoms. The van der Waals surface area contributed by atoms with Gasteiger partial charge in [-0.25, -0.2) is 0 Å². The Hall–Kier alpha value is -3.26. The quantitative estimate of drug-likeness (QED) is 0.404. The molecule has 0 fully saturated rings. The molecule has 0 atom stereocenters. The number of hydrogen-bond donors (Lipinski definition) is 3. The van der Waals surface area contributed by atoms with Gasteiger partial charge in [0.2, 0.25) is 0 Å². The average Bonchev–Trinajstić information content (AvgIpc) is 3.03. The van der Waals surface area contributed by atoms with Gasteiger partial charge in [0.15, 0.2) is 0 Å². The molecular weight excluding hydrogens is 570 g/mol. The number of benzene rings is 2. The summed E-state index contributed by atoms with van der Waals surface area (Å²) in [6.45, 7) is 8.33. The molecule has 1 aliphatic rings. The first-order valence-corrected chi connectivity index (χ1v) is 15.2. The molecule has 0 unspecified atom stereocenters. The van der Waals surface area contributed by atoms with Gasteiger partial charge >= 0.3 is 0 Å². The van der Waals surface area contributed by atoms with Gasteiger partial charge in [-0.3, -0.25) is 9.98 Å². The van der Waals surface area contributed by atoms with Crippen molar-refractivity contribution in [1.82, 2.24) is 5.32 Å². The van der Waals surface area contributed by atoms with Crippen LogP contribution in [0.4, 0.5) is 0 Å². The summed E-state index contributed by atoms with van der Waals surface area (Å²) in [6, 6.07) is 10.2. The summed E-state index contributed by atoms with van der Waals surface area (Å²) in [4.78, 5) is 8.87. The van der Waals surface area contributed by atoms with Gasteiger partial charge in [-0.05, 0) is 62.3 Å². The molecule has 0 radical (unpaired) electrons. The molecule has 0 spiro atoms. The molecule has 3 N–H and O–H groups in total. The fraction of sp³-hybridized carbons (Fsp3) is 0.562. The van der Waals surface area contributed by atoms with Gasteiger partial charge in [0, 0.05) is 36.6 Å². The summed E-state index contributed by atoms with van der Waals surface area (Å²) in [7, 11) is 0. The topological polar surface area (TPSA) is 142 Å². The summed E-state index contributed by atoms with van der Waals surface area (Å²) < 4.78 is 39.1. The van der Waals surface area contributed by atoms with E-state index in [9.17, 15) is 10.2 Å². The van der Waals surface area contributed by atoms with Gasteiger partial charge in [0.05, 0.1) is 66.1 Å². The van der Waals surface area contributed by atoms with Crippen molar-refractivity contribution in [3.63, 3.8) is 0 Å². The highest BCUT2D eigenvalue weighted by Gasteiger charge is 2.04. The van der Waals surface area contributed by atoms with E-state index >= 15 is 0 Å². The first-order valence-electron chi connectivity index (χ1n) is 15.2. The van der Waals surface area contributed by atoms with Gasteiger partial charge in [0.1, 0.15) is 36.2 Å². The van der Waals surface area contributed by atoms with E-state index in [-0.39, 0.29) is 11.5 Å². The molecule has 0 saturated heterocycles. The average molecular weight is 618 g/mol. The van der Waals surface area contributed by atoms with Crippen LogP contribution in [0.2, 0.25) is 0 Å². The fourth-order valence-corrected chi connectivity index (χ4v) is 3.91. The van der Waals surface area contributed by atoms with Crippen molar-refractivity contribution in [3.05, 3.63) is 47.5 Å². The lowest BCUT2D eigenvalue weighted by molar-refractivity contribution is -0.0141. The molecule has 3 rings (SSSR count). The van der Waals surface area contributed by atoms with Crippen molar-refractivity contribution in [2.24, 2.45) is 9.98 Å². The van der Waals surface area contributed by atoms with E-state index in [1.165, 1.54) is 0 Å². The van der Waals surface area contributed by atoms with E-state index in [1.807, 2.05) is 0 Å². The lowest BCUT2D eigenvalue weighted by Crippen LogP contribution is -2.18. The minimum absolute atomic E-state index is 0.154. The zero-order valence-corrected chi connectivity index (χ0v) is 25.5. The monoisotopic (exact) mass is 617 g/mol. The predicted octanol–water partition coefficient (Wildman–Crippen LogP) is 2.86. The number of aliphatic imine (C=N–C) groups is 2. The number of nitrogens with one attached hydrogen (secondary N) is 1. The summed E-state index contributed by atoms with van der Waals surface area (Å²) >= 11 is 0. The summed E-state index contributed by atoms with van der Waals surface area (Å²) in [6.07, 6.45) is 5.06. The number of hydrogen-bond acceptors (Lipinski definition) is 12. The van der Waals surface area contributed by atoms with Crippen LogP contribution in [0.5, 0.6) is 23.0 Å². The van der Waals surface area contributed by atoms with Crippen molar-refractivity contribution >= 4 is 12.4 Å². The number of aromatic hydroxyl groups is 2. The molecule has 4 bridgehead atoms. The fourth-order valence-electron chi connectivity index (χ4n) is 3.91. The van der Waals surface area contributed by atoms with Gasteiger partial charge < -0.3 is 48.7 Å². The largest absolute Gasteiger partial charge is 0.507 e. The lowest BCUT2D eigenvalue weighted by atomic mass is 10.2. The zero-order chi connectivity index (χ0) is 30.9. The van der Waals surface area contributed by atoms with E-state index in [0.29, 0.717) is 115 Å². The molecular formula is C32H47N3O9. The molecule has 0 aliphatic carbocycles.